The zero-order chi connectivity index (χ0) is 21.0. The SMILES string of the molecule is FC(F)(F)Oc1cccc(-c2cnnc(NCc3cc(-c4ccccc4)n[nH]3)n2)c1. The maximum Gasteiger partial charge on any atom is 0.573 e. The van der Waals surface area contributed by atoms with Gasteiger partial charge in [-0.1, -0.05) is 42.5 Å². The number of aromatic amines is 1. The van der Waals surface area contributed by atoms with Gasteiger partial charge < -0.3 is 10.1 Å². The zero-order valence-corrected chi connectivity index (χ0v) is 15.4. The standard InChI is InChI=1S/C20H15F3N6O/c21-20(22,23)30-16-8-4-7-14(9-16)18-12-25-29-19(26-18)24-11-15-10-17(28-27-15)13-5-2-1-3-6-13/h1-10,12H,11H2,(H,27,28)(H,24,26,29). The van der Waals surface area contributed by atoms with E-state index in [1.54, 1.807) is 6.07 Å². The molecule has 0 aliphatic heterocycles. The first-order chi connectivity index (χ1) is 14.5. The third kappa shape index (κ3) is 4.90. The van der Waals surface area contributed by atoms with Gasteiger partial charge in [0.2, 0.25) is 5.95 Å². The van der Waals surface area contributed by atoms with E-state index in [9.17, 15) is 13.2 Å². The second kappa shape index (κ2) is 8.19. The highest BCUT2D eigenvalue weighted by atomic mass is 19.4. The molecule has 0 bridgehead atoms. The van der Waals surface area contributed by atoms with E-state index in [2.05, 4.69) is 35.4 Å². The Morgan fingerprint density at radius 2 is 1.73 bits per heavy atom. The number of hydrogen-bond donors (Lipinski definition) is 2. The van der Waals surface area contributed by atoms with Gasteiger partial charge in [-0.25, -0.2) is 4.98 Å². The number of anilines is 1. The highest BCUT2D eigenvalue weighted by molar-refractivity contribution is 5.61. The lowest BCUT2D eigenvalue weighted by atomic mass is 10.1. The van der Waals surface area contributed by atoms with Crippen molar-refractivity contribution < 1.29 is 17.9 Å². The maximum atomic E-state index is 12.4. The number of hydrogen-bond acceptors (Lipinski definition) is 6. The molecule has 0 saturated carbocycles. The number of ether oxygens (including phenoxy) is 1. The quantitative estimate of drug-likeness (QED) is 0.487. The van der Waals surface area contributed by atoms with E-state index in [1.807, 2.05) is 36.4 Å². The number of aromatic nitrogens is 5. The monoisotopic (exact) mass is 412 g/mol. The lowest BCUT2D eigenvalue weighted by Crippen LogP contribution is -2.17. The van der Waals surface area contributed by atoms with Crippen LogP contribution in [0.25, 0.3) is 22.5 Å². The van der Waals surface area contributed by atoms with Gasteiger partial charge in [-0.2, -0.15) is 10.2 Å². The number of nitrogens with zero attached hydrogens (tertiary/aromatic N) is 4. The number of benzene rings is 2. The second-order valence-corrected chi connectivity index (χ2v) is 6.24. The number of nitrogens with one attached hydrogen (secondary N) is 2. The summed E-state index contributed by atoms with van der Waals surface area (Å²) >= 11 is 0. The highest BCUT2D eigenvalue weighted by Crippen LogP contribution is 2.27. The molecule has 0 fully saturated rings. The number of rotatable bonds is 6. The topological polar surface area (TPSA) is 88.6 Å². The smallest absolute Gasteiger partial charge is 0.406 e. The first-order valence-corrected chi connectivity index (χ1v) is 8.86. The third-order valence-electron chi connectivity index (χ3n) is 4.06. The van der Waals surface area contributed by atoms with E-state index in [4.69, 9.17) is 0 Å². The molecule has 0 aliphatic rings. The van der Waals surface area contributed by atoms with Crippen molar-refractivity contribution in [2.45, 2.75) is 12.9 Å². The molecule has 152 valence electrons. The molecular weight excluding hydrogens is 397 g/mol. The minimum atomic E-state index is -4.77. The molecule has 10 heteroatoms. The second-order valence-electron chi connectivity index (χ2n) is 6.24. The van der Waals surface area contributed by atoms with Crippen LogP contribution < -0.4 is 10.1 Å². The molecule has 2 N–H and O–H groups in total. The molecule has 0 atom stereocenters. The molecule has 7 nitrogen and oxygen atoms in total. The van der Waals surface area contributed by atoms with Crippen LogP contribution in [0.4, 0.5) is 19.1 Å². The molecular formula is C20H15F3N6O. The van der Waals surface area contributed by atoms with E-state index in [0.717, 1.165) is 17.0 Å². The molecule has 0 unspecified atom stereocenters. The predicted molar refractivity (Wildman–Crippen MR) is 103 cm³/mol. The van der Waals surface area contributed by atoms with Gasteiger partial charge in [0.1, 0.15) is 5.75 Å². The summed E-state index contributed by atoms with van der Waals surface area (Å²) in [5, 5.41) is 18.0. The van der Waals surface area contributed by atoms with E-state index < -0.39 is 6.36 Å². The van der Waals surface area contributed by atoms with Gasteiger partial charge >= 0.3 is 6.36 Å². The Kier molecular flexibility index (Phi) is 5.29. The van der Waals surface area contributed by atoms with E-state index in [0.29, 0.717) is 17.8 Å². The van der Waals surface area contributed by atoms with Crippen LogP contribution in [0.2, 0.25) is 0 Å². The summed E-state index contributed by atoms with van der Waals surface area (Å²) in [5.74, 6) is -0.107. The van der Waals surface area contributed by atoms with Crippen molar-refractivity contribution in [2.75, 3.05) is 5.32 Å². The molecule has 4 rings (SSSR count). The molecule has 2 aromatic heterocycles. The average molecular weight is 412 g/mol. The van der Waals surface area contributed by atoms with Crippen molar-refractivity contribution >= 4 is 5.95 Å². The van der Waals surface area contributed by atoms with Crippen molar-refractivity contribution in [3.63, 3.8) is 0 Å². The van der Waals surface area contributed by atoms with Crippen molar-refractivity contribution in [2.24, 2.45) is 0 Å². The number of alkyl halides is 3. The summed E-state index contributed by atoms with van der Waals surface area (Å²) in [6.45, 7) is 0.363. The van der Waals surface area contributed by atoms with E-state index in [-0.39, 0.29) is 11.7 Å². The summed E-state index contributed by atoms with van der Waals surface area (Å²) in [6.07, 6.45) is -3.40. The van der Waals surface area contributed by atoms with Crippen LogP contribution in [-0.2, 0) is 6.54 Å². The molecule has 0 aliphatic carbocycles. The Hall–Kier alpha value is -3.95. The largest absolute Gasteiger partial charge is 0.573 e. The van der Waals surface area contributed by atoms with Crippen molar-refractivity contribution in [1.29, 1.82) is 0 Å². The fourth-order valence-corrected chi connectivity index (χ4v) is 2.75. The van der Waals surface area contributed by atoms with Crippen LogP contribution in [0.1, 0.15) is 5.69 Å². The van der Waals surface area contributed by atoms with Gasteiger partial charge in [-0.3, -0.25) is 5.10 Å². The van der Waals surface area contributed by atoms with Crippen LogP contribution in [0.15, 0.2) is 66.9 Å². The van der Waals surface area contributed by atoms with E-state index in [1.165, 1.54) is 24.4 Å². The van der Waals surface area contributed by atoms with Crippen LogP contribution >= 0.6 is 0 Å². The van der Waals surface area contributed by atoms with Gasteiger partial charge in [-0.15, -0.1) is 18.3 Å². The third-order valence-corrected chi connectivity index (χ3v) is 4.06. The van der Waals surface area contributed by atoms with Gasteiger partial charge in [-0.05, 0) is 18.2 Å². The van der Waals surface area contributed by atoms with Crippen LogP contribution in [0, 0.1) is 0 Å². The Balaban J connectivity index is 1.46. The zero-order valence-electron chi connectivity index (χ0n) is 15.4. The highest BCUT2D eigenvalue weighted by Gasteiger charge is 2.31. The summed E-state index contributed by atoms with van der Waals surface area (Å²) in [5.41, 5.74) is 3.38. The molecule has 30 heavy (non-hydrogen) atoms. The summed E-state index contributed by atoms with van der Waals surface area (Å²) in [7, 11) is 0. The summed E-state index contributed by atoms with van der Waals surface area (Å²) < 4.78 is 41.2. The number of H-pyrrole nitrogens is 1. The normalized spacial score (nSPS) is 11.3. The van der Waals surface area contributed by atoms with Crippen LogP contribution in [0.5, 0.6) is 5.75 Å². The Labute approximate surface area is 169 Å². The van der Waals surface area contributed by atoms with Crippen LogP contribution in [0.3, 0.4) is 0 Å². The van der Waals surface area contributed by atoms with Crippen molar-refractivity contribution in [1.82, 2.24) is 25.4 Å². The Bertz CT molecular complexity index is 1130. The Morgan fingerprint density at radius 1 is 0.933 bits per heavy atom. The molecule has 0 spiro atoms. The minimum Gasteiger partial charge on any atom is -0.406 e. The summed E-state index contributed by atoms with van der Waals surface area (Å²) in [4.78, 5) is 4.30. The molecule has 0 amide bonds. The lowest BCUT2D eigenvalue weighted by Gasteiger charge is -2.10. The van der Waals surface area contributed by atoms with E-state index >= 15 is 0 Å². The molecule has 4 aromatic rings. The van der Waals surface area contributed by atoms with Crippen molar-refractivity contribution in [3.8, 4) is 28.3 Å². The number of halogens is 3. The van der Waals surface area contributed by atoms with Crippen LogP contribution in [-0.4, -0.2) is 31.7 Å². The fraction of sp³-hybridized carbons (Fsp3) is 0.100. The Morgan fingerprint density at radius 3 is 2.53 bits per heavy atom. The summed E-state index contributed by atoms with van der Waals surface area (Å²) in [6, 6.07) is 17.1. The minimum absolute atomic E-state index is 0.227. The molecule has 0 saturated heterocycles. The fourth-order valence-electron chi connectivity index (χ4n) is 2.75. The molecule has 0 radical (unpaired) electrons. The predicted octanol–water partition coefficient (Wildman–Crippen LogP) is 4.44. The van der Waals surface area contributed by atoms with Gasteiger partial charge in [0.25, 0.3) is 0 Å². The molecule has 2 aromatic carbocycles. The average Bonchev–Trinajstić information content (AvgIpc) is 3.21. The first-order valence-electron chi connectivity index (χ1n) is 8.86. The van der Waals surface area contributed by atoms with Gasteiger partial charge in [0, 0.05) is 11.1 Å². The van der Waals surface area contributed by atoms with Gasteiger partial charge in [0.15, 0.2) is 0 Å². The van der Waals surface area contributed by atoms with Gasteiger partial charge in [0.05, 0.1) is 29.8 Å². The van der Waals surface area contributed by atoms with Crippen molar-refractivity contribution in [3.05, 3.63) is 72.6 Å². The first kappa shape index (κ1) is 19.4. The lowest BCUT2D eigenvalue weighted by molar-refractivity contribution is -0.274. The molecule has 2 heterocycles. The maximum absolute atomic E-state index is 12.4.